The third-order valence-corrected chi connectivity index (χ3v) is 3.89. The topological polar surface area (TPSA) is 147 Å². The number of nitrogens with one attached hydrogen (secondary N) is 3. The van der Waals surface area contributed by atoms with Gasteiger partial charge in [-0.1, -0.05) is 24.6 Å². The summed E-state index contributed by atoms with van der Waals surface area (Å²) in [5, 5.41) is 12.6. The first-order valence-electron chi connectivity index (χ1n) is 7.43. The normalized spacial score (nSPS) is 15.7. The fourth-order valence-corrected chi connectivity index (χ4v) is 2.67. The van der Waals surface area contributed by atoms with E-state index in [2.05, 4.69) is 24.4 Å². The van der Waals surface area contributed by atoms with Crippen LogP contribution in [0.5, 0.6) is 0 Å². The molecule has 0 fully saturated rings. The van der Waals surface area contributed by atoms with Crippen molar-refractivity contribution in [2.24, 2.45) is 0 Å². The van der Waals surface area contributed by atoms with Crippen LogP contribution in [0.3, 0.4) is 0 Å². The zero-order chi connectivity index (χ0) is 17.7. The molecule has 1 aromatic heterocycles. The number of benzene rings is 1. The molecule has 136 valence electrons. The van der Waals surface area contributed by atoms with Gasteiger partial charge in [0.1, 0.15) is 5.69 Å². The summed E-state index contributed by atoms with van der Waals surface area (Å²) in [5.74, 6) is -0.760. The van der Waals surface area contributed by atoms with Crippen LogP contribution in [-0.2, 0) is 6.42 Å². The summed E-state index contributed by atoms with van der Waals surface area (Å²) in [6.07, 6.45) is 1.12. The van der Waals surface area contributed by atoms with Crippen molar-refractivity contribution < 1.29 is 15.4 Å². The Balaban J connectivity index is 0.000000244. The van der Waals surface area contributed by atoms with Gasteiger partial charge >= 0.3 is 11.7 Å². The van der Waals surface area contributed by atoms with Crippen molar-refractivity contribution in [1.29, 1.82) is 0 Å². The zero-order valence-corrected chi connectivity index (χ0v) is 14.3. The van der Waals surface area contributed by atoms with Crippen LogP contribution < -0.4 is 16.6 Å². The SMILES string of the molecule is C[C@H]1CNCCc2ccc(Cl)cc21.O.O=C(O)c1cc(=O)[nH]c(=O)[nH]1. The molecule has 2 aromatic rings. The molecule has 6 N–H and O–H groups in total. The van der Waals surface area contributed by atoms with Gasteiger partial charge in [-0.2, -0.15) is 0 Å². The van der Waals surface area contributed by atoms with Crippen LogP contribution in [0.25, 0.3) is 0 Å². The fourth-order valence-electron chi connectivity index (χ4n) is 2.49. The summed E-state index contributed by atoms with van der Waals surface area (Å²) in [6.45, 7) is 4.39. The molecular weight excluding hydrogens is 350 g/mol. The lowest BCUT2D eigenvalue weighted by Crippen LogP contribution is -2.24. The third-order valence-electron chi connectivity index (χ3n) is 3.65. The van der Waals surface area contributed by atoms with Crippen LogP contribution >= 0.6 is 11.6 Å². The van der Waals surface area contributed by atoms with Crippen molar-refractivity contribution in [2.75, 3.05) is 13.1 Å². The molecule has 0 radical (unpaired) electrons. The fraction of sp³-hybridized carbons (Fsp3) is 0.312. The predicted molar refractivity (Wildman–Crippen MR) is 94.7 cm³/mol. The van der Waals surface area contributed by atoms with Gasteiger partial charge in [-0.15, -0.1) is 0 Å². The minimum Gasteiger partial charge on any atom is -0.477 e. The third kappa shape index (κ3) is 5.86. The van der Waals surface area contributed by atoms with Crippen LogP contribution in [0, 0.1) is 0 Å². The van der Waals surface area contributed by atoms with Crippen molar-refractivity contribution in [3.63, 3.8) is 0 Å². The van der Waals surface area contributed by atoms with Gasteiger partial charge in [-0.3, -0.25) is 9.78 Å². The molecule has 1 aromatic carbocycles. The average Bonchev–Trinajstić information content (AvgIpc) is 2.69. The van der Waals surface area contributed by atoms with Crippen LogP contribution in [-0.4, -0.2) is 39.6 Å². The van der Waals surface area contributed by atoms with E-state index in [9.17, 15) is 14.4 Å². The molecule has 2 heterocycles. The summed E-state index contributed by atoms with van der Waals surface area (Å²) < 4.78 is 0. The standard InChI is InChI=1S/C11H14ClN.C5H4N2O4.H2O/c1-8-7-13-5-4-9-2-3-10(12)6-11(8)9;8-3-1-2(4(9)10)6-5(11)7-3;/h2-3,6,8,13H,4-5,7H2,1H3;1H,(H,9,10)(H2,6,7,8,11);1H2/t8-;;/m0../s1. The molecule has 3 rings (SSSR count). The van der Waals surface area contributed by atoms with Crippen molar-refractivity contribution in [3.05, 3.63) is 66.9 Å². The smallest absolute Gasteiger partial charge is 0.352 e. The van der Waals surface area contributed by atoms with Gasteiger partial charge in [-0.25, -0.2) is 9.59 Å². The maximum Gasteiger partial charge on any atom is 0.352 e. The number of carbonyl (C=O) groups is 1. The first kappa shape index (κ1) is 20.6. The molecule has 9 heteroatoms. The van der Waals surface area contributed by atoms with E-state index in [1.807, 2.05) is 16.0 Å². The van der Waals surface area contributed by atoms with Crippen molar-refractivity contribution in [1.82, 2.24) is 15.3 Å². The number of aromatic amines is 2. The first-order valence-corrected chi connectivity index (χ1v) is 7.80. The molecule has 25 heavy (non-hydrogen) atoms. The Morgan fingerprint density at radius 1 is 1.24 bits per heavy atom. The van der Waals surface area contributed by atoms with E-state index in [4.69, 9.17) is 16.7 Å². The molecular formula is C16H20ClN3O5. The van der Waals surface area contributed by atoms with Gasteiger partial charge in [0, 0.05) is 17.6 Å². The van der Waals surface area contributed by atoms with E-state index in [1.165, 1.54) is 11.1 Å². The lowest BCUT2D eigenvalue weighted by Gasteiger charge is -2.11. The lowest BCUT2D eigenvalue weighted by atomic mass is 9.96. The maximum atomic E-state index is 10.5. The second-order valence-corrected chi connectivity index (χ2v) is 5.94. The zero-order valence-electron chi connectivity index (χ0n) is 13.6. The number of halogens is 1. The lowest BCUT2D eigenvalue weighted by molar-refractivity contribution is 0.0689. The van der Waals surface area contributed by atoms with Gasteiger partial charge < -0.3 is 20.9 Å². The number of H-pyrrole nitrogens is 2. The number of hydrogen-bond acceptors (Lipinski definition) is 4. The molecule has 0 saturated carbocycles. The Bertz CT molecular complexity index is 818. The number of carboxylic acid groups (broad SMARTS) is 1. The minimum atomic E-state index is -1.34. The molecule has 1 aliphatic heterocycles. The van der Waals surface area contributed by atoms with E-state index >= 15 is 0 Å². The highest BCUT2D eigenvalue weighted by molar-refractivity contribution is 6.30. The number of aromatic carboxylic acids is 1. The number of rotatable bonds is 1. The molecule has 0 bridgehead atoms. The highest BCUT2D eigenvalue weighted by Gasteiger charge is 2.14. The average molecular weight is 370 g/mol. The van der Waals surface area contributed by atoms with E-state index in [1.54, 1.807) is 0 Å². The van der Waals surface area contributed by atoms with Crippen molar-refractivity contribution in [3.8, 4) is 0 Å². The molecule has 1 aliphatic rings. The second kappa shape index (κ2) is 9.16. The largest absolute Gasteiger partial charge is 0.477 e. The highest BCUT2D eigenvalue weighted by atomic mass is 35.5. The molecule has 0 saturated heterocycles. The Labute approximate surface area is 148 Å². The Morgan fingerprint density at radius 3 is 2.60 bits per heavy atom. The second-order valence-electron chi connectivity index (χ2n) is 5.50. The van der Waals surface area contributed by atoms with Crippen molar-refractivity contribution in [2.45, 2.75) is 19.3 Å². The highest BCUT2D eigenvalue weighted by Crippen LogP contribution is 2.25. The van der Waals surface area contributed by atoms with Gasteiger partial charge in [0.15, 0.2) is 0 Å². The van der Waals surface area contributed by atoms with E-state index < -0.39 is 22.9 Å². The summed E-state index contributed by atoms with van der Waals surface area (Å²) in [7, 11) is 0. The summed E-state index contributed by atoms with van der Waals surface area (Å²) in [6, 6.07) is 7.04. The number of aromatic nitrogens is 2. The summed E-state index contributed by atoms with van der Waals surface area (Å²) in [5.41, 5.74) is 0.888. The van der Waals surface area contributed by atoms with Gasteiger partial charge in [-0.05, 0) is 42.1 Å². The molecule has 0 aliphatic carbocycles. The van der Waals surface area contributed by atoms with Crippen molar-refractivity contribution >= 4 is 17.6 Å². The van der Waals surface area contributed by atoms with E-state index in [0.29, 0.717) is 5.92 Å². The van der Waals surface area contributed by atoms with Crippen LogP contribution in [0.1, 0.15) is 34.5 Å². The van der Waals surface area contributed by atoms with E-state index in [0.717, 1.165) is 30.6 Å². The minimum absolute atomic E-state index is 0. The quantitative estimate of drug-likeness (QED) is 0.578. The molecule has 1 atom stereocenters. The van der Waals surface area contributed by atoms with Gasteiger partial charge in [0.25, 0.3) is 5.56 Å². The van der Waals surface area contributed by atoms with Crippen LogP contribution in [0.15, 0.2) is 33.9 Å². The van der Waals surface area contributed by atoms with Crippen LogP contribution in [0.2, 0.25) is 5.02 Å². The monoisotopic (exact) mass is 369 g/mol. The molecule has 0 spiro atoms. The maximum absolute atomic E-state index is 10.5. The molecule has 0 amide bonds. The molecule has 0 unspecified atom stereocenters. The Hall–Kier alpha value is -2.42. The Morgan fingerprint density at radius 2 is 1.96 bits per heavy atom. The van der Waals surface area contributed by atoms with Gasteiger partial charge in [0.05, 0.1) is 0 Å². The molecule has 8 nitrogen and oxygen atoms in total. The summed E-state index contributed by atoms with van der Waals surface area (Å²) in [4.78, 5) is 34.9. The van der Waals surface area contributed by atoms with Gasteiger partial charge in [0.2, 0.25) is 0 Å². The Kier molecular flexibility index (Phi) is 7.56. The first-order chi connectivity index (χ1) is 11.4. The van der Waals surface area contributed by atoms with Crippen LogP contribution in [0.4, 0.5) is 0 Å². The predicted octanol–water partition coefficient (Wildman–Crippen LogP) is 0.526. The number of fused-ring (bicyclic) bond motifs is 1. The number of hydrogen-bond donors (Lipinski definition) is 4. The van der Waals surface area contributed by atoms with E-state index in [-0.39, 0.29) is 5.48 Å². The summed E-state index contributed by atoms with van der Waals surface area (Å²) >= 11 is 5.97. The number of carboxylic acids is 1.